The molecule has 2 aromatic heterocycles. The molecule has 3 rings (SSSR count). The van der Waals surface area contributed by atoms with Gasteiger partial charge in [0.2, 0.25) is 5.28 Å². The average Bonchev–Trinajstić information content (AvgIpc) is 2.82. The number of halogens is 1. The minimum absolute atomic E-state index is 0.410. The summed E-state index contributed by atoms with van der Waals surface area (Å²) in [6, 6.07) is 1.81. The van der Waals surface area contributed by atoms with Gasteiger partial charge in [0, 0.05) is 12.0 Å². The minimum Gasteiger partial charge on any atom is -0.359 e. The Morgan fingerprint density at radius 2 is 2.33 bits per heavy atom. The monoisotopic (exact) mass is 224 g/mol. The highest BCUT2D eigenvalue weighted by Crippen LogP contribution is 2.39. The summed E-state index contributed by atoms with van der Waals surface area (Å²) >= 11 is 5.96. The second kappa shape index (κ2) is 3.34. The lowest BCUT2D eigenvalue weighted by atomic mass is 10.4. The Kier molecular flexibility index (Phi) is 1.98. The quantitative estimate of drug-likeness (QED) is 0.798. The van der Waals surface area contributed by atoms with E-state index in [0.717, 1.165) is 11.6 Å². The third-order valence-electron chi connectivity index (χ3n) is 2.48. The molecule has 0 atom stereocenters. The van der Waals surface area contributed by atoms with Crippen LogP contribution in [0.4, 0.5) is 0 Å². The molecule has 1 saturated carbocycles. The molecule has 15 heavy (non-hydrogen) atoms. The van der Waals surface area contributed by atoms with Gasteiger partial charge in [0.1, 0.15) is 5.82 Å². The fraction of sp³-hybridized carbons (Fsp3) is 0.444. The van der Waals surface area contributed by atoms with Crippen molar-refractivity contribution in [2.24, 2.45) is 0 Å². The van der Waals surface area contributed by atoms with Crippen LogP contribution in [0.2, 0.25) is 5.28 Å². The van der Waals surface area contributed by atoms with Crippen LogP contribution in [-0.2, 0) is 6.54 Å². The highest BCUT2D eigenvalue weighted by atomic mass is 35.5. The zero-order valence-corrected chi connectivity index (χ0v) is 8.68. The number of hydrogen-bond donors (Lipinski definition) is 0. The molecule has 78 valence electrons. The zero-order valence-electron chi connectivity index (χ0n) is 7.93. The Bertz CT molecular complexity index is 460. The van der Waals surface area contributed by atoms with Crippen molar-refractivity contribution in [2.45, 2.75) is 25.3 Å². The first-order valence-corrected chi connectivity index (χ1v) is 5.20. The summed E-state index contributed by atoms with van der Waals surface area (Å²) in [4.78, 5) is 0. The van der Waals surface area contributed by atoms with Crippen molar-refractivity contribution >= 4 is 11.6 Å². The molecule has 0 amide bonds. The van der Waals surface area contributed by atoms with Crippen molar-refractivity contribution in [1.29, 1.82) is 0 Å². The molecule has 0 aromatic carbocycles. The minimum atomic E-state index is 0.410. The van der Waals surface area contributed by atoms with Crippen molar-refractivity contribution in [3.05, 3.63) is 29.1 Å². The van der Waals surface area contributed by atoms with Crippen LogP contribution >= 0.6 is 11.6 Å². The molecule has 1 aliphatic carbocycles. The topological polar surface area (TPSA) is 56.7 Å². The third-order valence-corrected chi connectivity index (χ3v) is 2.76. The Morgan fingerprint density at radius 1 is 1.47 bits per heavy atom. The predicted octanol–water partition coefficient (Wildman–Crippen LogP) is 1.85. The van der Waals surface area contributed by atoms with Crippen LogP contribution in [0.5, 0.6) is 0 Å². The van der Waals surface area contributed by atoms with Crippen molar-refractivity contribution in [1.82, 2.24) is 19.9 Å². The van der Waals surface area contributed by atoms with Gasteiger partial charge in [-0.3, -0.25) is 4.57 Å². The summed E-state index contributed by atoms with van der Waals surface area (Å²) in [7, 11) is 0. The smallest absolute Gasteiger partial charge is 0.225 e. The highest BCUT2D eigenvalue weighted by Gasteiger charge is 2.30. The number of hydrogen-bond acceptors (Lipinski definition) is 4. The average molecular weight is 225 g/mol. The van der Waals surface area contributed by atoms with Crippen molar-refractivity contribution in [3.63, 3.8) is 0 Å². The Labute approximate surface area is 91.0 Å². The van der Waals surface area contributed by atoms with Gasteiger partial charge in [0.25, 0.3) is 0 Å². The Morgan fingerprint density at radius 3 is 3.00 bits per heavy atom. The Hall–Kier alpha value is -1.36. The van der Waals surface area contributed by atoms with E-state index in [1.807, 2.05) is 10.6 Å². The van der Waals surface area contributed by atoms with Crippen LogP contribution in [0.15, 0.2) is 16.8 Å². The fourth-order valence-electron chi connectivity index (χ4n) is 1.56. The summed E-state index contributed by atoms with van der Waals surface area (Å²) < 4.78 is 6.91. The first-order valence-electron chi connectivity index (χ1n) is 4.83. The molecular formula is C9H9ClN4O. The molecule has 0 aliphatic heterocycles. The SMILES string of the molecule is Clc1nnc(C2CC2)n1Cc1ccno1. The molecule has 0 spiro atoms. The summed E-state index contributed by atoms with van der Waals surface area (Å²) in [5.74, 6) is 2.24. The van der Waals surface area contributed by atoms with Crippen molar-refractivity contribution < 1.29 is 4.52 Å². The van der Waals surface area contributed by atoms with E-state index in [0.29, 0.717) is 17.7 Å². The summed E-state index contributed by atoms with van der Waals surface area (Å²) in [5.41, 5.74) is 0. The maximum atomic E-state index is 5.96. The van der Waals surface area contributed by atoms with Gasteiger partial charge >= 0.3 is 0 Å². The maximum Gasteiger partial charge on any atom is 0.225 e. The van der Waals surface area contributed by atoms with E-state index in [4.69, 9.17) is 16.1 Å². The normalized spacial score (nSPS) is 15.8. The molecule has 0 bridgehead atoms. The largest absolute Gasteiger partial charge is 0.359 e. The van der Waals surface area contributed by atoms with Gasteiger partial charge in [-0.15, -0.1) is 10.2 Å². The predicted molar refractivity (Wildman–Crippen MR) is 52.6 cm³/mol. The van der Waals surface area contributed by atoms with Crippen LogP contribution < -0.4 is 0 Å². The zero-order chi connectivity index (χ0) is 10.3. The van der Waals surface area contributed by atoms with Crippen molar-refractivity contribution in [3.8, 4) is 0 Å². The van der Waals surface area contributed by atoms with Gasteiger partial charge in [0.05, 0.1) is 12.7 Å². The van der Waals surface area contributed by atoms with Gasteiger partial charge in [-0.1, -0.05) is 5.16 Å². The lowest BCUT2D eigenvalue weighted by molar-refractivity contribution is 0.375. The standard InChI is InChI=1S/C9H9ClN4O/c10-9-13-12-8(6-1-2-6)14(9)5-7-3-4-11-15-7/h3-4,6H,1-2,5H2. The van der Waals surface area contributed by atoms with Crippen LogP contribution in [0, 0.1) is 0 Å². The molecule has 0 unspecified atom stereocenters. The molecule has 1 fully saturated rings. The number of aromatic nitrogens is 4. The van der Waals surface area contributed by atoms with Gasteiger partial charge in [-0.25, -0.2) is 0 Å². The molecule has 1 aliphatic rings. The van der Waals surface area contributed by atoms with Gasteiger partial charge in [-0.2, -0.15) is 0 Å². The molecule has 0 radical (unpaired) electrons. The Balaban J connectivity index is 1.92. The second-order valence-electron chi connectivity index (χ2n) is 3.67. The van der Waals surface area contributed by atoms with E-state index in [2.05, 4.69) is 15.4 Å². The molecule has 0 saturated heterocycles. The van der Waals surface area contributed by atoms with E-state index in [9.17, 15) is 0 Å². The first kappa shape index (κ1) is 8.91. The molecule has 2 heterocycles. The van der Waals surface area contributed by atoms with Crippen molar-refractivity contribution in [2.75, 3.05) is 0 Å². The lowest BCUT2D eigenvalue weighted by Gasteiger charge is -2.03. The molecule has 5 nitrogen and oxygen atoms in total. The van der Waals surface area contributed by atoms with E-state index in [1.165, 1.54) is 12.8 Å². The molecule has 0 N–H and O–H groups in total. The third kappa shape index (κ3) is 1.63. The van der Waals surface area contributed by atoms with E-state index in [1.54, 1.807) is 6.20 Å². The highest BCUT2D eigenvalue weighted by molar-refractivity contribution is 6.28. The molecule has 2 aromatic rings. The van der Waals surface area contributed by atoms with E-state index < -0.39 is 0 Å². The molecule has 6 heteroatoms. The van der Waals surface area contributed by atoms with Gasteiger partial charge in [-0.05, 0) is 24.4 Å². The van der Waals surface area contributed by atoms with Crippen LogP contribution in [0.1, 0.15) is 30.3 Å². The van der Waals surface area contributed by atoms with Gasteiger partial charge in [0.15, 0.2) is 5.76 Å². The summed E-state index contributed by atoms with van der Waals surface area (Å²) in [6.07, 6.45) is 3.96. The second-order valence-corrected chi connectivity index (χ2v) is 4.00. The number of nitrogens with zero attached hydrogens (tertiary/aromatic N) is 4. The summed E-state index contributed by atoms with van der Waals surface area (Å²) in [5, 5.41) is 12.0. The molecular weight excluding hydrogens is 216 g/mol. The fourth-order valence-corrected chi connectivity index (χ4v) is 1.75. The van der Waals surface area contributed by atoms with E-state index in [-0.39, 0.29) is 0 Å². The summed E-state index contributed by atoms with van der Waals surface area (Å²) in [6.45, 7) is 0.553. The first-order chi connectivity index (χ1) is 7.34. The van der Waals surface area contributed by atoms with Crippen LogP contribution in [0.25, 0.3) is 0 Å². The van der Waals surface area contributed by atoms with Crippen LogP contribution in [-0.4, -0.2) is 19.9 Å². The van der Waals surface area contributed by atoms with Gasteiger partial charge < -0.3 is 4.52 Å². The number of rotatable bonds is 3. The van der Waals surface area contributed by atoms with Crippen LogP contribution in [0.3, 0.4) is 0 Å². The maximum absolute atomic E-state index is 5.96. The van der Waals surface area contributed by atoms with E-state index >= 15 is 0 Å². The lowest BCUT2D eigenvalue weighted by Crippen LogP contribution is -2.03.